The quantitative estimate of drug-likeness (QED) is 0.412. The summed E-state index contributed by atoms with van der Waals surface area (Å²) < 4.78 is 68.4. The summed E-state index contributed by atoms with van der Waals surface area (Å²) in [5.74, 6) is 0. The molecule has 0 aliphatic heterocycles. The van der Waals surface area contributed by atoms with Gasteiger partial charge in [0, 0.05) is 0 Å². The normalized spacial score (nSPS) is 15.8. The van der Waals surface area contributed by atoms with E-state index >= 15 is 0 Å². The minimum absolute atomic E-state index is 0.00747. The van der Waals surface area contributed by atoms with E-state index in [1.165, 1.54) is 0 Å². The molecule has 0 aromatic carbocycles. The fourth-order valence-electron chi connectivity index (χ4n) is 1.87. The van der Waals surface area contributed by atoms with Crippen LogP contribution >= 0.6 is 0 Å². The summed E-state index contributed by atoms with van der Waals surface area (Å²) in [4.78, 5) is 0. The smallest absolute Gasteiger partial charge is 0.292 e. The summed E-state index contributed by atoms with van der Waals surface area (Å²) in [7, 11) is -9.06. The Kier molecular flexibility index (Phi) is 9.63. The van der Waals surface area contributed by atoms with Crippen molar-refractivity contribution < 1.29 is 30.7 Å². The molecular weight excluding hydrogens is 320 g/mol. The van der Waals surface area contributed by atoms with E-state index < -0.39 is 31.1 Å². The highest BCUT2D eigenvalue weighted by Gasteiger charge is 2.32. The summed E-state index contributed by atoms with van der Waals surface area (Å²) in [5, 5.41) is 0. The van der Waals surface area contributed by atoms with Crippen molar-refractivity contribution in [2.24, 2.45) is 0 Å². The topological polar surface area (TPSA) is 118 Å². The second-order valence-electron chi connectivity index (χ2n) is 5.02. The van der Waals surface area contributed by atoms with Crippen molar-refractivity contribution in [2.75, 3.05) is 0 Å². The van der Waals surface area contributed by atoms with E-state index in [1.54, 1.807) is 0 Å². The largest absolute Gasteiger partial charge is 0.338 e. The third kappa shape index (κ3) is 9.41. The van der Waals surface area contributed by atoms with E-state index in [1.807, 2.05) is 13.8 Å². The highest BCUT2D eigenvalue weighted by molar-refractivity contribution is 7.87. The Labute approximate surface area is 127 Å². The van der Waals surface area contributed by atoms with Crippen LogP contribution in [0, 0.1) is 0 Å². The average Bonchev–Trinajstić information content (AvgIpc) is 2.33. The molecule has 0 rings (SSSR count). The third-order valence-corrected chi connectivity index (χ3v) is 5.08. The minimum atomic E-state index is -4.53. The Balaban J connectivity index is 4.87. The number of ether oxygens (including phenoxy) is 1. The first-order valence-electron chi connectivity index (χ1n) is 7.21. The second kappa shape index (κ2) is 9.73. The van der Waals surface area contributed by atoms with Crippen LogP contribution in [0.4, 0.5) is 0 Å². The molecule has 0 amide bonds. The molecule has 0 radical (unpaired) electrons. The Bertz CT molecular complexity index is 426. The van der Waals surface area contributed by atoms with E-state index in [4.69, 9.17) is 13.8 Å². The summed E-state index contributed by atoms with van der Waals surface area (Å²) in [6, 6.07) is 0. The van der Waals surface area contributed by atoms with Crippen LogP contribution in [0.15, 0.2) is 0 Å². The van der Waals surface area contributed by atoms with Gasteiger partial charge in [0.2, 0.25) is 0 Å². The lowest BCUT2D eigenvalue weighted by Crippen LogP contribution is -2.33. The molecular formula is C12H26O7S2. The van der Waals surface area contributed by atoms with E-state index in [0.29, 0.717) is 12.8 Å². The fraction of sp³-hybridized carbons (Fsp3) is 1.00. The molecule has 0 fully saturated rings. The zero-order valence-corrected chi connectivity index (χ0v) is 14.2. The highest BCUT2D eigenvalue weighted by Crippen LogP contribution is 2.20. The molecule has 0 aliphatic carbocycles. The van der Waals surface area contributed by atoms with Gasteiger partial charge >= 0.3 is 0 Å². The Morgan fingerprint density at radius 3 is 1.33 bits per heavy atom. The number of hydrogen-bond acceptors (Lipinski definition) is 5. The molecule has 128 valence electrons. The first-order valence-corrected chi connectivity index (χ1v) is 10.2. The lowest BCUT2D eigenvalue weighted by molar-refractivity contribution is 0.0559. The molecule has 0 bridgehead atoms. The molecule has 0 saturated carbocycles. The maximum Gasteiger partial charge on any atom is 0.292 e. The predicted molar refractivity (Wildman–Crippen MR) is 80.0 cm³/mol. The van der Waals surface area contributed by atoms with Gasteiger partial charge in [-0.05, 0) is 25.7 Å². The van der Waals surface area contributed by atoms with Crippen LogP contribution in [-0.4, -0.2) is 36.8 Å². The van der Waals surface area contributed by atoms with Gasteiger partial charge in [0.1, 0.15) is 0 Å². The summed E-state index contributed by atoms with van der Waals surface area (Å²) >= 11 is 0. The molecule has 0 heterocycles. The molecule has 0 aromatic heterocycles. The summed E-state index contributed by atoms with van der Waals surface area (Å²) in [6.45, 7) is 3.85. The van der Waals surface area contributed by atoms with Crippen molar-refractivity contribution in [1.29, 1.82) is 0 Å². The lowest BCUT2D eigenvalue weighted by atomic mass is 10.2. The van der Waals surface area contributed by atoms with Crippen molar-refractivity contribution in [3.05, 3.63) is 0 Å². The van der Waals surface area contributed by atoms with Gasteiger partial charge in [0.05, 0.1) is 0 Å². The molecule has 7 nitrogen and oxygen atoms in total. The Hall–Kier alpha value is -0.220. The summed E-state index contributed by atoms with van der Waals surface area (Å²) in [5.41, 5.74) is -3.25. The first-order chi connectivity index (χ1) is 9.62. The SMILES string of the molecule is CCCCCC(OC(CCCCC)S(=O)(=O)O)S(=O)(=O)O. The number of unbranched alkanes of at least 4 members (excludes halogenated alkanes) is 4. The van der Waals surface area contributed by atoms with Crippen LogP contribution in [0.3, 0.4) is 0 Å². The summed E-state index contributed by atoms with van der Waals surface area (Å²) in [6.07, 6.45) is 4.11. The lowest BCUT2D eigenvalue weighted by Gasteiger charge is -2.21. The van der Waals surface area contributed by atoms with Crippen LogP contribution in [0.5, 0.6) is 0 Å². The Morgan fingerprint density at radius 2 is 1.10 bits per heavy atom. The van der Waals surface area contributed by atoms with E-state index in [9.17, 15) is 16.8 Å². The number of hydrogen-bond donors (Lipinski definition) is 2. The van der Waals surface area contributed by atoms with Gasteiger partial charge in [-0.1, -0.05) is 39.5 Å². The third-order valence-electron chi connectivity index (χ3n) is 3.05. The zero-order valence-electron chi connectivity index (χ0n) is 12.6. The minimum Gasteiger partial charge on any atom is -0.338 e. The van der Waals surface area contributed by atoms with Crippen LogP contribution in [-0.2, 0) is 25.0 Å². The maximum absolute atomic E-state index is 11.3. The predicted octanol–water partition coefficient (Wildman–Crippen LogP) is 2.59. The van der Waals surface area contributed by atoms with Crippen LogP contribution < -0.4 is 0 Å². The van der Waals surface area contributed by atoms with Gasteiger partial charge in [-0.2, -0.15) is 16.8 Å². The second-order valence-corrected chi connectivity index (χ2v) is 8.13. The van der Waals surface area contributed by atoms with Gasteiger partial charge < -0.3 is 4.74 Å². The molecule has 0 aliphatic rings. The van der Waals surface area contributed by atoms with Gasteiger partial charge in [0.15, 0.2) is 10.9 Å². The van der Waals surface area contributed by atoms with Gasteiger partial charge in [0.25, 0.3) is 20.2 Å². The maximum atomic E-state index is 11.3. The molecule has 0 saturated heterocycles. The van der Waals surface area contributed by atoms with E-state index in [2.05, 4.69) is 0 Å². The number of rotatable bonds is 12. The fourth-order valence-corrected chi connectivity index (χ4v) is 3.41. The van der Waals surface area contributed by atoms with Crippen molar-refractivity contribution >= 4 is 20.2 Å². The molecule has 0 spiro atoms. The Morgan fingerprint density at radius 1 is 0.762 bits per heavy atom. The monoisotopic (exact) mass is 346 g/mol. The van der Waals surface area contributed by atoms with Crippen LogP contribution in [0.1, 0.15) is 65.2 Å². The van der Waals surface area contributed by atoms with Crippen molar-refractivity contribution in [3.63, 3.8) is 0 Å². The van der Waals surface area contributed by atoms with Crippen molar-refractivity contribution in [3.8, 4) is 0 Å². The van der Waals surface area contributed by atoms with Crippen molar-refractivity contribution in [2.45, 2.75) is 76.1 Å². The van der Waals surface area contributed by atoms with E-state index in [-0.39, 0.29) is 12.8 Å². The van der Waals surface area contributed by atoms with Crippen LogP contribution in [0.2, 0.25) is 0 Å². The van der Waals surface area contributed by atoms with Crippen molar-refractivity contribution in [1.82, 2.24) is 0 Å². The van der Waals surface area contributed by atoms with Crippen LogP contribution in [0.25, 0.3) is 0 Å². The standard InChI is InChI=1S/C12H26O7S2/c1-3-5-7-9-11(20(13,14)15)19-12(21(16,17)18)10-8-6-4-2/h11-12H,3-10H2,1-2H3,(H,13,14,15)(H,16,17,18). The molecule has 21 heavy (non-hydrogen) atoms. The van der Waals surface area contributed by atoms with Gasteiger partial charge in [-0.25, -0.2) is 0 Å². The molecule has 2 unspecified atom stereocenters. The zero-order chi connectivity index (χ0) is 16.5. The van der Waals surface area contributed by atoms with Gasteiger partial charge in [-0.3, -0.25) is 9.11 Å². The van der Waals surface area contributed by atoms with E-state index in [0.717, 1.165) is 25.7 Å². The highest BCUT2D eigenvalue weighted by atomic mass is 32.2. The molecule has 9 heteroatoms. The average molecular weight is 346 g/mol. The first kappa shape index (κ1) is 20.8. The molecule has 2 N–H and O–H groups in total. The molecule has 0 aromatic rings. The van der Waals surface area contributed by atoms with Gasteiger partial charge in [-0.15, -0.1) is 0 Å². The molecule has 2 atom stereocenters.